The number of rotatable bonds is 7. The summed E-state index contributed by atoms with van der Waals surface area (Å²) in [5.41, 5.74) is 6.89. The maximum atomic E-state index is 15.0. The molecule has 4 N–H and O–H groups in total. The Kier molecular flexibility index (Phi) is 7.82. The molecule has 190 valence electrons. The minimum atomic E-state index is -0.740. The molecule has 7 nitrogen and oxygen atoms in total. The molecule has 1 saturated heterocycles. The van der Waals surface area contributed by atoms with Crippen LogP contribution >= 0.6 is 23.2 Å². The van der Waals surface area contributed by atoms with Crippen molar-refractivity contribution in [1.29, 1.82) is 5.41 Å². The predicted octanol–water partition coefficient (Wildman–Crippen LogP) is 5.22. The molecule has 0 saturated carbocycles. The maximum absolute atomic E-state index is 15.0. The molecule has 1 atom stereocenters. The maximum Gasteiger partial charge on any atom is 0.162 e. The zero-order valence-corrected chi connectivity index (χ0v) is 21.2. The van der Waals surface area contributed by atoms with E-state index in [-0.39, 0.29) is 34.0 Å². The lowest BCUT2D eigenvalue weighted by atomic mass is 9.99. The van der Waals surface area contributed by atoms with Crippen LogP contribution in [0, 0.1) is 17.0 Å². The summed E-state index contributed by atoms with van der Waals surface area (Å²) < 4.78 is 41.5. The van der Waals surface area contributed by atoms with E-state index in [2.05, 4.69) is 10.3 Å². The van der Waals surface area contributed by atoms with Gasteiger partial charge in [-0.05, 0) is 25.1 Å². The van der Waals surface area contributed by atoms with Gasteiger partial charge in [0.2, 0.25) is 0 Å². The van der Waals surface area contributed by atoms with Crippen LogP contribution in [-0.4, -0.2) is 44.0 Å². The predicted molar refractivity (Wildman–Crippen MR) is 138 cm³/mol. The van der Waals surface area contributed by atoms with Gasteiger partial charge in [0.1, 0.15) is 23.4 Å². The molecule has 0 radical (unpaired) electrons. The third-order valence-electron chi connectivity index (χ3n) is 5.94. The lowest BCUT2D eigenvalue weighted by molar-refractivity contribution is 0.216. The summed E-state index contributed by atoms with van der Waals surface area (Å²) >= 11 is 12.5. The van der Waals surface area contributed by atoms with Gasteiger partial charge < -0.3 is 25.4 Å². The molecule has 36 heavy (non-hydrogen) atoms. The Labute approximate surface area is 217 Å². The molecular formula is C25H25Cl2F2N5O2. The smallest absolute Gasteiger partial charge is 0.162 e. The van der Waals surface area contributed by atoms with E-state index in [9.17, 15) is 0 Å². The number of piperazine rings is 1. The average molecular weight is 536 g/mol. The van der Waals surface area contributed by atoms with Crippen molar-refractivity contribution in [2.45, 2.75) is 13.0 Å². The minimum Gasteiger partial charge on any atom is -0.493 e. The normalized spacial score (nSPS) is 14.4. The van der Waals surface area contributed by atoms with E-state index in [1.807, 2.05) is 0 Å². The summed E-state index contributed by atoms with van der Waals surface area (Å²) in [6, 6.07) is 5.28. The molecule has 0 amide bonds. The van der Waals surface area contributed by atoms with Crippen LogP contribution in [0.5, 0.6) is 11.5 Å². The number of benzene rings is 2. The van der Waals surface area contributed by atoms with Crippen molar-refractivity contribution < 1.29 is 18.3 Å². The molecule has 11 heteroatoms. The molecule has 1 aliphatic heterocycles. The highest BCUT2D eigenvalue weighted by molar-refractivity contribution is 6.35. The van der Waals surface area contributed by atoms with Gasteiger partial charge in [0.05, 0.1) is 22.9 Å². The Morgan fingerprint density at radius 1 is 1.08 bits per heavy atom. The van der Waals surface area contributed by atoms with Crippen LogP contribution in [0.1, 0.15) is 29.7 Å². The zero-order chi connectivity index (χ0) is 26.0. The SMILES string of the molecule is COc1cc(N)c(C(=N)c2cc(F)c(N3CCNCC3)c(F)c2)cc1O[C@H](C)c1c(Cl)cncc1Cl. The lowest BCUT2D eigenvalue weighted by Crippen LogP contribution is -2.44. The zero-order valence-electron chi connectivity index (χ0n) is 19.7. The number of hydrogen-bond donors (Lipinski definition) is 3. The average Bonchev–Trinajstić information content (AvgIpc) is 2.84. The number of nitrogens with two attached hydrogens (primary N) is 1. The summed E-state index contributed by atoms with van der Waals surface area (Å²) in [5, 5.41) is 12.5. The van der Waals surface area contributed by atoms with Crippen LogP contribution in [0.3, 0.4) is 0 Å². The first kappa shape index (κ1) is 25.9. The topological polar surface area (TPSA) is 96.5 Å². The van der Waals surface area contributed by atoms with E-state index in [1.165, 1.54) is 31.6 Å². The Morgan fingerprint density at radius 2 is 1.69 bits per heavy atom. The summed E-state index contributed by atoms with van der Waals surface area (Å²) in [6.07, 6.45) is 2.30. The Bertz CT molecular complexity index is 1260. The van der Waals surface area contributed by atoms with Crippen molar-refractivity contribution in [1.82, 2.24) is 10.3 Å². The molecule has 1 aliphatic rings. The van der Waals surface area contributed by atoms with Gasteiger partial charge >= 0.3 is 0 Å². The molecule has 2 aromatic carbocycles. The number of pyridine rings is 1. The minimum absolute atomic E-state index is 0.0416. The number of nitrogen functional groups attached to an aromatic ring is 1. The van der Waals surface area contributed by atoms with Gasteiger partial charge in [-0.25, -0.2) is 8.78 Å². The second-order valence-electron chi connectivity index (χ2n) is 8.27. The Hall–Kier alpha value is -3.14. The molecule has 3 aromatic rings. The fourth-order valence-electron chi connectivity index (χ4n) is 4.16. The number of hydrogen-bond acceptors (Lipinski definition) is 7. The van der Waals surface area contributed by atoms with Crippen molar-refractivity contribution in [2.24, 2.45) is 0 Å². The Morgan fingerprint density at radius 3 is 2.28 bits per heavy atom. The largest absolute Gasteiger partial charge is 0.493 e. The summed E-state index contributed by atoms with van der Waals surface area (Å²) in [6.45, 7) is 3.99. The van der Waals surface area contributed by atoms with Gasteiger partial charge in [-0.3, -0.25) is 10.4 Å². The summed E-state index contributed by atoms with van der Waals surface area (Å²) in [7, 11) is 1.45. The monoisotopic (exact) mass is 535 g/mol. The molecule has 1 fully saturated rings. The number of halogens is 4. The third-order valence-corrected chi connectivity index (χ3v) is 6.55. The van der Waals surface area contributed by atoms with Crippen LogP contribution in [0.2, 0.25) is 10.0 Å². The van der Waals surface area contributed by atoms with Crippen LogP contribution in [0.25, 0.3) is 0 Å². The van der Waals surface area contributed by atoms with Crippen LogP contribution in [0.4, 0.5) is 20.2 Å². The van der Waals surface area contributed by atoms with Gasteiger partial charge in [-0.15, -0.1) is 0 Å². The molecule has 0 spiro atoms. The van der Waals surface area contributed by atoms with E-state index in [1.54, 1.807) is 11.8 Å². The number of anilines is 2. The standard InChI is InChI=1S/C25H25Cl2F2N5O2/c1-13(23-16(26)11-33-12-17(23)27)36-22-9-15(20(30)10-21(22)35-2)24(31)14-7-18(28)25(19(29)8-14)34-5-3-32-4-6-34/h7-13,31-32H,3-6,30H2,1-2H3/t13-/m1/s1. The number of ether oxygens (including phenoxy) is 2. The molecule has 2 heterocycles. The quantitative estimate of drug-likeness (QED) is 0.283. The summed E-state index contributed by atoms with van der Waals surface area (Å²) in [5.74, 6) is -0.920. The van der Waals surface area contributed by atoms with E-state index in [0.29, 0.717) is 47.5 Å². The third kappa shape index (κ3) is 5.18. The fourth-order valence-corrected chi connectivity index (χ4v) is 4.83. The van der Waals surface area contributed by atoms with E-state index >= 15 is 8.78 Å². The molecule has 4 rings (SSSR count). The second kappa shape index (κ2) is 10.9. The van der Waals surface area contributed by atoms with Crippen molar-refractivity contribution in [2.75, 3.05) is 43.9 Å². The number of aromatic nitrogens is 1. The van der Waals surface area contributed by atoms with Crippen molar-refractivity contribution in [3.8, 4) is 11.5 Å². The van der Waals surface area contributed by atoms with Crippen LogP contribution in [-0.2, 0) is 0 Å². The summed E-state index contributed by atoms with van der Waals surface area (Å²) in [4.78, 5) is 5.60. The van der Waals surface area contributed by atoms with Crippen molar-refractivity contribution >= 4 is 40.3 Å². The van der Waals surface area contributed by atoms with Crippen molar-refractivity contribution in [3.63, 3.8) is 0 Å². The van der Waals surface area contributed by atoms with Gasteiger partial charge in [0, 0.05) is 67.0 Å². The highest BCUT2D eigenvalue weighted by Crippen LogP contribution is 2.39. The van der Waals surface area contributed by atoms with E-state index < -0.39 is 17.7 Å². The van der Waals surface area contributed by atoms with Gasteiger partial charge in [0.25, 0.3) is 0 Å². The molecular weight excluding hydrogens is 511 g/mol. The van der Waals surface area contributed by atoms with E-state index in [4.69, 9.17) is 43.8 Å². The van der Waals surface area contributed by atoms with Gasteiger partial charge in [0.15, 0.2) is 11.5 Å². The highest BCUT2D eigenvalue weighted by Gasteiger charge is 2.24. The first-order chi connectivity index (χ1) is 17.2. The first-order valence-electron chi connectivity index (χ1n) is 11.2. The van der Waals surface area contributed by atoms with Gasteiger partial charge in [-0.1, -0.05) is 23.2 Å². The highest BCUT2D eigenvalue weighted by atomic mass is 35.5. The van der Waals surface area contributed by atoms with Crippen LogP contribution in [0.15, 0.2) is 36.7 Å². The molecule has 0 bridgehead atoms. The van der Waals surface area contributed by atoms with E-state index in [0.717, 1.165) is 12.1 Å². The fraction of sp³-hybridized carbons (Fsp3) is 0.280. The van der Waals surface area contributed by atoms with Gasteiger partial charge in [-0.2, -0.15) is 0 Å². The number of methoxy groups -OCH3 is 1. The number of nitrogens with zero attached hydrogens (tertiary/aromatic N) is 2. The van der Waals surface area contributed by atoms with Crippen molar-refractivity contribution in [3.05, 3.63) is 75.0 Å². The Balaban J connectivity index is 1.68. The first-order valence-corrected chi connectivity index (χ1v) is 11.9. The van der Waals surface area contributed by atoms with Crippen LogP contribution < -0.4 is 25.4 Å². The molecule has 0 aliphatic carbocycles. The number of nitrogens with one attached hydrogen (secondary N) is 2. The molecule has 1 aromatic heterocycles. The lowest BCUT2D eigenvalue weighted by Gasteiger charge is -2.30. The second-order valence-corrected chi connectivity index (χ2v) is 9.08. The molecule has 0 unspecified atom stereocenters.